The van der Waals surface area contributed by atoms with Gasteiger partial charge in [0, 0.05) is 16.1 Å². The molecule has 2 heterocycles. The van der Waals surface area contributed by atoms with Crippen LogP contribution in [0, 0.1) is 11.3 Å². The Morgan fingerprint density at radius 3 is 2.32 bits per heavy atom. The molecule has 0 aliphatic carbocycles. The summed E-state index contributed by atoms with van der Waals surface area (Å²) in [5, 5.41) is 25.7. The highest BCUT2D eigenvalue weighted by atomic mass is 35.5. The lowest BCUT2D eigenvalue weighted by Gasteiger charge is -2.10. The summed E-state index contributed by atoms with van der Waals surface area (Å²) in [7, 11) is 0. The van der Waals surface area contributed by atoms with Crippen molar-refractivity contribution in [2.24, 2.45) is 0 Å². The summed E-state index contributed by atoms with van der Waals surface area (Å²) >= 11 is 6.02. The summed E-state index contributed by atoms with van der Waals surface area (Å²) in [5.41, 5.74) is 10.4. The topological polar surface area (TPSA) is 104 Å². The van der Waals surface area contributed by atoms with Crippen LogP contribution in [-0.2, 0) is 0 Å². The minimum atomic E-state index is 0.352. The van der Waals surface area contributed by atoms with Crippen LogP contribution in [-0.4, -0.2) is 20.4 Å². The molecule has 0 amide bonds. The number of nitrogens with zero attached hydrogens (tertiary/aromatic N) is 4. The Bertz CT molecular complexity index is 1110. The summed E-state index contributed by atoms with van der Waals surface area (Å²) in [6, 6.07) is 16.7. The third kappa shape index (κ3) is 2.57. The molecule has 7 heteroatoms. The second kappa shape index (κ2) is 5.89. The Hall–Kier alpha value is -3.43. The molecule has 25 heavy (non-hydrogen) atoms. The molecule has 2 aromatic heterocycles. The zero-order valence-electron chi connectivity index (χ0n) is 12.9. The number of aromatic nitrogens is 4. The van der Waals surface area contributed by atoms with E-state index in [0.717, 1.165) is 16.7 Å². The molecule has 120 valence electrons. The standard InChI is InChI=1S/C18H11ClN6/c19-13-7-5-11(6-8-13)14-15-17(21)23-25-18(15)24-22-16(14)12-3-1-10(9-20)2-4-12/h1-8H,(H3,21,23,24,25). The molecule has 0 radical (unpaired) electrons. The molecule has 4 aromatic rings. The van der Waals surface area contributed by atoms with Gasteiger partial charge in [-0.2, -0.15) is 10.4 Å². The normalized spacial score (nSPS) is 10.7. The highest BCUT2D eigenvalue weighted by molar-refractivity contribution is 6.30. The number of anilines is 1. The van der Waals surface area contributed by atoms with Gasteiger partial charge in [0.1, 0.15) is 5.69 Å². The number of nitriles is 1. The Labute approximate surface area is 147 Å². The molecule has 2 aromatic carbocycles. The van der Waals surface area contributed by atoms with Gasteiger partial charge >= 0.3 is 0 Å². The fourth-order valence-electron chi connectivity index (χ4n) is 2.74. The minimum Gasteiger partial charge on any atom is -0.382 e. The zero-order chi connectivity index (χ0) is 17.4. The van der Waals surface area contributed by atoms with Gasteiger partial charge in [-0.05, 0) is 29.8 Å². The van der Waals surface area contributed by atoms with Gasteiger partial charge in [-0.25, -0.2) is 0 Å². The number of H-pyrrole nitrogens is 1. The van der Waals surface area contributed by atoms with Crippen LogP contribution < -0.4 is 5.73 Å². The number of fused-ring (bicyclic) bond motifs is 1. The van der Waals surface area contributed by atoms with E-state index in [0.29, 0.717) is 33.1 Å². The average Bonchev–Trinajstić information content (AvgIpc) is 3.03. The lowest BCUT2D eigenvalue weighted by molar-refractivity contribution is 1.03. The number of nitrogens with one attached hydrogen (secondary N) is 1. The predicted octanol–water partition coefficient (Wildman–Crippen LogP) is 3.79. The largest absolute Gasteiger partial charge is 0.382 e. The van der Waals surface area contributed by atoms with Crippen LogP contribution in [0.4, 0.5) is 5.82 Å². The lowest BCUT2D eigenvalue weighted by atomic mass is 9.97. The Balaban J connectivity index is 2.03. The molecule has 0 aliphatic heterocycles. The van der Waals surface area contributed by atoms with Gasteiger partial charge in [-0.15, -0.1) is 10.2 Å². The maximum absolute atomic E-state index is 8.99. The van der Waals surface area contributed by atoms with E-state index in [9.17, 15) is 0 Å². The van der Waals surface area contributed by atoms with E-state index in [1.807, 2.05) is 36.4 Å². The number of hydrogen-bond acceptors (Lipinski definition) is 5. The number of nitrogens with two attached hydrogens (primary N) is 1. The number of rotatable bonds is 2. The molecular weight excluding hydrogens is 336 g/mol. The van der Waals surface area contributed by atoms with Crippen molar-refractivity contribution in [1.29, 1.82) is 5.26 Å². The smallest absolute Gasteiger partial charge is 0.180 e. The average molecular weight is 347 g/mol. The van der Waals surface area contributed by atoms with E-state index in [4.69, 9.17) is 22.6 Å². The Kier molecular flexibility index (Phi) is 3.56. The number of halogens is 1. The number of nitrogen functional groups attached to an aromatic ring is 1. The highest BCUT2D eigenvalue weighted by Crippen LogP contribution is 2.37. The van der Waals surface area contributed by atoms with Gasteiger partial charge in [0.15, 0.2) is 11.5 Å². The molecule has 0 bridgehead atoms. The second-order valence-electron chi connectivity index (χ2n) is 5.45. The van der Waals surface area contributed by atoms with Crippen LogP contribution in [0.1, 0.15) is 5.56 Å². The molecule has 0 atom stereocenters. The van der Waals surface area contributed by atoms with Crippen molar-refractivity contribution < 1.29 is 0 Å². The fraction of sp³-hybridized carbons (Fsp3) is 0. The third-order valence-corrected chi connectivity index (χ3v) is 4.18. The molecule has 0 spiro atoms. The number of benzene rings is 2. The van der Waals surface area contributed by atoms with Gasteiger partial charge in [0.2, 0.25) is 0 Å². The van der Waals surface area contributed by atoms with E-state index in [-0.39, 0.29) is 0 Å². The Morgan fingerprint density at radius 2 is 1.64 bits per heavy atom. The van der Waals surface area contributed by atoms with E-state index in [1.165, 1.54) is 0 Å². The van der Waals surface area contributed by atoms with Gasteiger partial charge in [-0.3, -0.25) is 5.10 Å². The van der Waals surface area contributed by atoms with Gasteiger partial charge in [0.05, 0.1) is 17.0 Å². The van der Waals surface area contributed by atoms with Crippen LogP contribution in [0.5, 0.6) is 0 Å². The molecule has 0 saturated carbocycles. The molecule has 3 N–H and O–H groups in total. The predicted molar refractivity (Wildman–Crippen MR) is 96.7 cm³/mol. The van der Waals surface area contributed by atoms with Crippen molar-refractivity contribution in [3.05, 3.63) is 59.1 Å². The maximum Gasteiger partial charge on any atom is 0.180 e. The summed E-state index contributed by atoms with van der Waals surface area (Å²) < 4.78 is 0. The first-order valence-corrected chi connectivity index (χ1v) is 7.82. The van der Waals surface area contributed by atoms with E-state index >= 15 is 0 Å². The highest BCUT2D eigenvalue weighted by Gasteiger charge is 2.18. The molecule has 4 rings (SSSR count). The van der Waals surface area contributed by atoms with Crippen molar-refractivity contribution in [3.8, 4) is 28.5 Å². The molecule has 0 unspecified atom stereocenters. The summed E-state index contributed by atoms with van der Waals surface area (Å²) in [5.74, 6) is 0.352. The van der Waals surface area contributed by atoms with Gasteiger partial charge in [0.25, 0.3) is 0 Å². The van der Waals surface area contributed by atoms with E-state index in [2.05, 4.69) is 26.5 Å². The fourth-order valence-corrected chi connectivity index (χ4v) is 2.86. The lowest BCUT2D eigenvalue weighted by Crippen LogP contribution is -1.96. The monoisotopic (exact) mass is 346 g/mol. The van der Waals surface area contributed by atoms with Crippen molar-refractivity contribution in [2.45, 2.75) is 0 Å². The second-order valence-corrected chi connectivity index (χ2v) is 5.89. The van der Waals surface area contributed by atoms with Crippen LogP contribution in [0.2, 0.25) is 5.02 Å². The first kappa shape index (κ1) is 15.1. The van der Waals surface area contributed by atoms with Gasteiger partial charge in [-0.1, -0.05) is 35.9 Å². The molecular formula is C18H11ClN6. The SMILES string of the molecule is N#Cc1ccc(-c2nnc3[nH]nc(N)c3c2-c2ccc(Cl)cc2)cc1. The summed E-state index contributed by atoms with van der Waals surface area (Å²) in [6.45, 7) is 0. The summed E-state index contributed by atoms with van der Waals surface area (Å²) in [4.78, 5) is 0. The number of hydrogen-bond donors (Lipinski definition) is 2. The van der Waals surface area contributed by atoms with Crippen molar-refractivity contribution >= 4 is 28.5 Å². The van der Waals surface area contributed by atoms with Crippen LogP contribution in [0.3, 0.4) is 0 Å². The minimum absolute atomic E-state index is 0.352. The van der Waals surface area contributed by atoms with E-state index in [1.54, 1.807) is 12.1 Å². The first-order chi connectivity index (χ1) is 12.2. The van der Waals surface area contributed by atoms with Crippen LogP contribution in [0.15, 0.2) is 48.5 Å². The maximum atomic E-state index is 8.99. The molecule has 6 nitrogen and oxygen atoms in total. The molecule has 0 fully saturated rings. The van der Waals surface area contributed by atoms with Crippen molar-refractivity contribution in [1.82, 2.24) is 20.4 Å². The third-order valence-electron chi connectivity index (χ3n) is 3.93. The van der Waals surface area contributed by atoms with Crippen LogP contribution in [0.25, 0.3) is 33.4 Å². The van der Waals surface area contributed by atoms with Crippen LogP contribution >= 0.6 is 11.6 Å². The molecule has 0 aliphatic rings. The summed E-state index contributed by atoms with van der Waals surface area (Å²) in [6.07, 6.45) is 0. The molecule has 0 saturated heterocycles. The Morgan fingerprint density at radius 1 is 0.960 bits per heavy atom. The van der Waals surface area contributed by atoms with E-state index < -0.39 is 0 Å². The quantitative estimate of drug-likeness (QED) is 0.574. The zero-order valence-corrected chi connectivity index (χ0v) is 13.6. The first-order valence-electron chi connectivity index (χ1n) is 7.44. The van der Waals surface area contributed by atoms with Crippen molar-refractivity contribution in [2.75, 3.05) is 5.73 Å². The van der Waals surface area contributed by atoms with Gasteiger partial charge < -0.3 is 5.73 Å². The van der Waals surface area contributed by atoms with Crippen molar-refractivity contribution in [3.63, 3.8) is 0 Å². The number of aromatic amines is 1.